The van der Waals surface area contributed by atoms with Crippen molar-refractivity contribution in [3.63, 3.8) is 0 Å². The SMILES string of the molecule is O=C(c1ccc(OC(F)F)cc1)N1CCC(C(=O)O)(C(F)(F)F)C1. The molecule has 1 aromatic carbocycles. The van der Waals surface area contributed by atoms with Crippen molar-refractivity contribution >= 4 is 11.9 Å². The van der Waals surface area contributed by atoms with Gasteiger partial charge in [0.25, 0.3) is 5.91 Å². The van der Waals surface area contributed by atoms with Crippen LogP contribution in [0.3, 0.4) is 0 Å². The number of nitrogens with zero attached hydrogens (tertiary/aromatic N) is 1. The molecule has 0 aromatic heterocycles. The first-order valence-electron chi connectivity index (χ1n) is 6.71. The van der Waals surface area contributed by atoms with E-state index in [2.05, 4.69) is 4.74 Å². The van der Waals surface area contributed by atoms with Gasteiger partial charge in [-0.1, -0.05) is 0 Å². The first kappa shape index (κ1) is 18.0. The van der Waals surface area contributed by atoms with Gasteiger partial charge in [0.2, 0.25) is 0 Å². The van der Waals surface area contributed by atoms with Crippen molar-refractivity contribution in [2.45, 2.75) is 19.2 Å². The molecule has 0 spiro atoms. The summed E-state index contributed by atoms with van der Waals surface area (Å²) in [5, 5.41) is 8.94. The predicted octanol–water partition coefficient (Wildman–Crippen LogP) is 2.77. The Morgan fingerprint density at radius 3 is 2.21 bits per heavy atom. The van der Waals surface area contributed by atoms with Crippen molar-refractivity contribution in [1.82, 2.24) is 4.90 Å². The second kappa shape index (κ2) is 6.25. The lowest BCUT2D eigenvalue weighted by molar-refractivity contribution is -0.227. The highest BCUT2D eigenvalue weighted by Gasteiger charge is 2.64. The second-order valence-corrected chi connectivity index (χ2v) is 5.26. The Bertz CT molecular complexity index is 631. The van der Waals surface area contributed by atoms with Crippen molar-refractivity contribution in [2.24, 2.45) is 5.41 Å². The highest BCUT2D eigenvalue weighted by molar-refractivity contribution is 5.95. The third kappa shape index (κ3) is 3.26. The summed E-state index contributed by atoms with van der Waals surface area (Å²) in [5.41, 5.74) is -3.05. The highest BCUT2D eigenvalue weighted by atomic mass is 19.4. The predicted molar refractivity (Wildman–Crippen MR) is 69.7 cm³/mol. The van der Waals surface area contributed by atoms with E-state index in [1.165, 1.54) is 0 Å². The fourth-order valence-electron chi connectivity index (χ4n) is 2.47. The van der Waals surface area contributed by atoms with E-state index in [0.29, 0.717) is 0 Å². The van der Waals surface area contributed by atoms with Gasteiger partial charge >= 0.3 is 18.8 Å². The monoisotopic (exact) mass is 353 g/mol. The van der Waals surface area contributed by atoms with Crippen LogP contribution in [0, 0.1) is 5.41 Å². The molecule has 2 rings (SSSR count). The molecule has 1 heterocycles. The van der Waals surface area contributed by atoms with Crippen LogP contribution in [-0.2, 0) is 4.79 Å². The molecule has 132 valence electrons. The van der Waals surface area contributed by atoms with Crippen LogP contribution in [0.1, 0.15) is 16.8 Å². The molecule has 0 radical (unpaired) electrons. The fourth-order valence-corrected chi connectivity index (χ4v) is 2.47. The number of benzene rings is 1. The summed E-state index contributed by atoms with van der Waals surface area (Å²) in [6.07, 6.45) is -5.74. The first-order valence-corrected chi connectivity index (χ1v) is 6.71. The van der Waals surface area contributed by atoms with Gasteiger partial charge in [0.15, 0.2) is 5.41 Å². The molecule has 1 atom stereocenters. The summed E-state index contributed by atoms with van der Waals surface area (Å²) in [7, 11) is 0. The molecule has 1 N–H and O–H groups in total. The van der Waals surface area contributed by atoms with Gasteiger partial charge in [-0.3, -0.25) is 9.59 Å². The third-order valence-electron chi connectivity index (χ3n) is 3.83. The van der Waals surface area contributed by atoms with E-state index in [0.717, 1.165) is 29.2 Å². The summed E-state index contributed by atoms with van der Waals surface area (Å²) in [4.78, 5) is 24.1. The molecule has 5 nitrogen and oxygen atoms in total. The van der Waals surface area contributed by atoms with Gasteiger partial charge in [-0.05, 0) is 30.7 Å². The summed E-state index contributed by atoms with van der Waals surface area (Å²) in [6, 6.07) is 4.39. The lowest BCUT2D eigenvalue weighted by Crippen LogP contribution is -2.47. The molecule has 0 saturated carbocycles. The topological polar surface area (TPSA) is 66.8 Å². The van der Waals surface area contributed by atoms with Crippen LogP contribution >= 0.6 is 0 Å². The third-order valence-corrected chi connectivity index (χ3v) is 3.83. The van der Waals surface area contributed by atoms with Crippen molar-refractivity contribution in [2.75, 3.05) is 13.1 Å². The number of carboxylic acid groups (broad SMARTS) is 1. The number of carbonyl (C=O) groups excluding carboxylic acids is 1. The number of hydrogen-bond acceptors (Lipinski definition) is 3. The standard InChI is InChI=1S/C14H12F5NO4/c15-12(16)24-9-3-1-8(2-4-9)10(21)20-6-5-13(7-20,11(22)23)14(17,18)19/h1-4,12H,5-7H2,(H,22,23). The van der Waals surface area contributed by atoms with E-state index >= 15 is 0 Å². The lowest BCUT2D eigenvalue weighted by atomic mass is 9.86. The smallest absolute Gasteiger partial charge is 0.406 e. The Kier molecular flexibility index (Phi) is 4.68. The van der Waals surface area contributed by atoms with Crippen LogP contribution in [0.25, 0.3) is 0 Å². The number of halogens is 5. The fraction of sp³-hybridized carbons (Fsp3) is 0.429. The largest absolute Gasteiger partial charge is 0.481 e. The average molecular weight is 353 g/mol. The number of carbonyl (C=O) groups is 2. The molecule has 24 heavy (non-hydrogen) atoms. The highest BCUT2D eigenvalue weighted by Crippen LogP contribution is 2.46. The molecule has 1 saturated heterocycles. The van der Waals surface area contributed by atoms with Crippen LogP contribution in [0.15, 0.2) is 24.3 Å². The zero-order chi connectivity index (χ0) is 18.1. The molecular weight excluding hydrogens is 341 g/mol. The maximum absolute atomic E-state index is 13.1. The normalized spacial score (nSPS) is 21.2. The van der Waals surface area contributed by atoms with Gasteiger partial charge in [0.05, 0.1) is 0 Å². The first-order chi connectivity index (χ1) is 11.1. The van der Waals surface area contributed by atoms with Gasteiger partial charge in [-0.2, -0.15) is 22.0 Å². The van der Waals surface area contributed by atoms with Gasteiger partial charge in [-0.15, -0.1) is 0 Å². The molecule has 1 aliphatic rings. The molecule has 1 aromatic rings. The minimum absolute atomic E-state index is 0.0556. The maximum Gasteiger partial charge on any atom is 0.406 e. The van der Waals surface area contributed by atoms with Crippen LogP contribution in [0.5, 0.6) is 5.75 Å². The number of alkyl halides is 5. The molecule has 10 heteroatoms. The zero-order valence-electron chi connectivity index (χ0n) is 12.0. The molecule has 1 aliphatic heterocycles. The molecule has 1 fully saturated rings. The minimum atomic E-state index is -5.00. The minimum Gasteiger partial charge on any atom is -0.481 e. The number of likely N-dealkylation sites (tertiary alicyclic amines) is 1. The number of rotatable bonds is 4. The van der Waals surface area contributed by atoms with Crippen LogP contribution in [0.2, 0.25) is 0 Å². The zero-order valence-corrected chi connectivity index (χ0v) is 12.0. The lowest BCUT2D eigenvalue weighted by Gasteiger charge is -2.27. The second-order valence-electron chi connectivity index (χ2n) is 5.26. The average Bonchev–Trinajstić information content (AvgIpc) is 2.93. The summed E-state index contributed by atoms with van der Waals surface area (Å²) < 4.78 is 67.4. The van der Waals surface area contributed by atoms with Gasteiger partial charge in [0.1, 0.15) is 5.75 Å². The van der Waals surface area contributed by atoms with E-state index in [4.69, 9.17) is 5.11 Å². The summed E-state index contributed by atoms with van der Waals surface area (Å²) in [5.74, 6) is -3.06. The van der Waals surface area contributed by atoms with Crippen molar-refractivity contribution in [3.8, 4) is 5.75 Å². The van der Waals surface area contributed by atoms with Crippen LogP contribution in [-0.4, -0.2) is 47.8 Å². The van der Waals surface area contributed by atoms with Gasteiger partial charge in [0, 0.05) is 18.7 Å². The van der Waals surface area contributed by atoms with Crippen molar-refractivity contribution < 1.29 is 41.4 Å². The number of aliphatic carboxylic acids is 1. The van der Waals surface area contributed by atoms with Gasteiger partial charge < -0.3 is 14.7 Å². The van der Waals surface area contributed by atoms with E-state index in [1.807, 2.05) is 0 Å². The maximum atomic E-state index is 13.1. The van der Waals surface area contributed by atoms with Crippen molar-refractivity contribution in [1.29, 1.82) is 0 Å². The molecule has 0 aliphatic carbocycles. The summed E-state index contributed by atoms with van der Waals surface area (Å²) >= 11 is 0. The van der Waals surface area contributed by atoms with Crippen LogP contribution < -0.4 is 4.74 Å². The Morgan fingerprint density at radius 1 is 1.21 bits per heavy atom. The Morgan fingerprint density at radius 2 is 1.79 bits per heavy atom. The molecule has 1 amide bonds. The number of hydrogen-bond donors (Lipinski definition) is 1. The molecule has 1 unspecified atom stereocenters. The van der Waals surface area contributed by atoms with E-state index in [1.54, 1.807) is 0 Å². The summed E-state index contributed by atoms with van der Waals surface area (Å²) in [6.45, 7) is -4.42. The van der Waals surface area contributed by atoms with E-state index in [-0.39, 0.29) is 17.9 Å². The van der Waals surface area contributed by atoms with E-state index < -0.39 is 43.0 Å². The van der Waals surface area contributed by atoms with Gasteiger partial charge in [-0.25, -0.2) is 0 Å². The van der Waals surface area contributed by atoms with E-state index in [9.17, 15) is 31.5 Å². The number of amides is 1. The number of ether oxygens (including phenoxy) is 1. The quantitative estimate of drug-likeness (QED) is 0.846. The molecular formula is C14H12F5NO4. The Balaban J connectivity index is 2.15. The molecule has 0 bridgehead atoms. The Hall–Kier alpha value is -2.39. The number of carboxylic acids is 1. The van der Waals surface area contributed by atoms with Crippen molar-refractivity contribution in [3.05, 3.63) is 29.8 Å². The Labute approximate surface area is 132 Å². The van der Waals surface area contributed by atoms with Crippen LogP contribution in [0.4, 0.5) is 22.0 Å².